The third-order valence-corrected chi connectivity index (χ3v) is 7.25. The quantitative estimate of drug-likeness (QED) is 0.290. The van der Waals surface area contributed by atoms with Crippen molar-refractivity contribution in [2.75, 3.05) is 6.54 Å². The summed E-state index contributed by atoms with van der Waals surface area (Å²) >= 11 is 0. The van der Waals surface area contributed by atoms with E-state index in [0.717, 1.165) is 17.0 Å². The molecule has 4 heteroatoms. The summed E-state index contributed by atoms with van der Waals surface area (Å²) in [5, 5.41) is 0. The fraction of sp³-hybridized carbons (Fsp3) is 0.290. The Balaban J connectivity index is 1.56. The van der Waals surface area contributed by atoms with Crippen LogP contribution in [-0.4, -0.2) is 22.3 Å². The van der Waals surface area contributed by atoms with Gasteiger partial charge < -0.3 is 9.32 Å². The number of carbonyl (C=O) groups is 1. The number of hydrogen-bond donors (Lipinski definition) is 0. The van der Waals surface area contributed by atoms with Crippen molar-refractivity contribution in [2.24, 2.45) is 0 Å². The van der Waals surface area contributed by atoms with Gasteiger partial charge in [0.05, 0.1) is 0 Å². The van der Waals surface area contributed by atoms with Crippen LogP contribution >= 0.6 is 0 Å². The number of pyridine rings is 1. The van der Waals surface area contributed by atoms with E-state index in [4.69, 9.17) is 4.42 Å². The summed E-state index contributed by atoms with van der Waals surface area (Å²) in [4.78, 5) is 19.8. The van der Waals surface area contributed by atoms with E-state index in [-0.39, 0.29) is 5.91 Å². The number of aromatic nitrogens is 1. The largest absolute Gasteiger partial charge is 0.456 e. The highest BCUT2D eigenvalue weighted by Gasteiger charge is 2.21. The molecule has 0 unspecified atom stereocenters. The van der Waals surface area contributed by atoms with Crippen LogP contribution in [0.2, 0.25) is 0 Å². The second kappa shape index (κ2) is 10.7. The molecule has 4 rings (SSSR count). The molecule has 0 spiro atoms. The van der Waals surface area contributed by atoms with E-state index in [9.17, 15) is 4.79 Å². The second-order valence-corrected chi connectivity index (χ2v) is 9.33. The van der Waals surface area contributed by atoms with Crippen molar-refractivity contribution >= 4 is 5.91 Å². The maximum absolute atomic E-state index is 13.5. The lowest BCUT2D eigenvalue weighted by Gasteiger charge is -2.22. The van der Waals surface area contributed by atoms with Gasteiger partial charge in [-0.3, -0.25) is 9.78 Å². The Labute approximate surface area is 208 Å². The molecule has 0 fully saturated rings. The molecular weight excluding hydrogens is 432 g/mol. The Morgan fingerprint density at radius 2 is 1.46 bits per heavy atom. The standard InChI is InChI=1S/C31H34N2O2/c1-21-22(2)24(4)29(25(5)23(21)3)19-28-14-15-30(35-28)31(34)33(20-26-11-7-6-8-12-26)18-16-27-13-9-10-17-32-27/h6-15,17H,16,18-20H2,1-5H3. The van der Waals surface area contributed by atoms with Crippen molar-refractivity contribution in [1.29, 1.82) is 0 Å². The molecule has 0 aliphatic heterocycles. The van der Waals surface area contributed by atoms with Crippen LogP contribution < -0.4 is 0 Å². The number of nitrogens with zero attached hydrogens (tertiary/aromatic N) is 2. The molecule has 0 radical (unpaired) electrons. The second-order valence-electron chi connectivity index (χ2n) is 9.33. The highest BCUT2D eigenvalue weighted by atomic mass is 16.4. The number of rotatable bonds is 8. The van der Waals surface area contributed by atoms with Gasteiger partial charge in [-0.2, -0.15) is 0 Å². The van der Waals surface area contributed by atoms with Crippen molar-refractivity contribution in [2.45, 2.75) is 54.0 Å². The van der Waals surface area contributed by atoms with Crippen molar-refractivity contribution < 1.29 is 9.21 Å². The van der Waals surface area contributed by atoms with Gasteiger partial charge in [0.2, 0.25) is 0 Å². The predicted molar refractivity (Wildman–Crippen MR) is 141 cm³/mol. The van der Waals surface area contributed by atoms with E-state index in [1.165, 1.54) is 33.4 Å². The van der Waals surface area contributed by atoms with Gasteiger partial charge in [-0.15, -0.1) is 0 Å². The minimum atomic E-state index is -0.0965. The molecule has 2 aromatic carbocycles. The number of benzene rings is 2. The van der Waals surface area contributed by atoms with Crippen LogP contribution in [0.25, 0.3) is 0 Å². The van der Waals surface area contributed by atoms with Crippen LogP contribution in [0.15, 0.2) is 71.3 Å². The topological polar surface area (TPSA) is 46.3 Å². The Bertz CT molecular complexity index is 1280. The first-order chi connectivity index (χ1) is 16.8. The maximum Gasteiger partial charge on any atom is 0.289 e. The van der Waals surface area contributed by atoms with Crippen molar-refractivity contribution in [3.05, 3.63) is 123 Å². The zero-order chi connectivity index (χ0) is 24.9. The molecule has 0 aliphatic carbocycles. The van der Waals surface area contributed by atoms with E-state index >= 15 is 0 Å². The summed E-state index contributed by atoms with van der Waals surface area (Å²) in [5.41, 5.74) is 9.95. The van der Waals surface area contributed by atoms with E-state index in [1.807, 2.05) is 65.6 Å². The van der Waals surface area contributed by atoms with Gasteiger partial charge >= 0.3 is 0 Å². The van der Waals surface area contributed by atoms with Gasteiger partial charge in [0, 0.05) is 37.8 Å². The molecule has 0 saturated heterocycles. The van der Waals surface area contributed by atoms with Crippen LogP contribution in [-0.2, 0) is 19.4 Å². The molecule has 4 aromatic rings. The molecule has 4 nitrogen and oxygen atoms in total. The summed E-state index contributed by atoms with van der Waals surface area (Å²) < 4.78 is 6.13. The first-order valence-electron chi connectivity index (χ1n) is 12.2. The van der Waals surface area contributed by atoms with Gasteiger partial charge in [-0.1, -0.05) is 36.4 Å². The van der Waals surface area contributed by atoms with E-state index in [1.54, 1.807) is 6.20 Å². The molecule has 0 saturated carbocycles. The summed E-state index contributed by atoms with van der Waals surface area (Å²) in [6.45, 7) is 12.0. The van der Waals surface area contributed by atoms with Gasteiger partial charge in [-0.05, 0) is 97.8 Å². The summed E-state index contributed by atoms with van der Waals surface area (Å²) in [6, 6.07) is 19.7. The van der Waals surface area contributed by atoms with Crippen molar-refractivity contribution in [1.82, 2.24) is 9.88 Å². The summed E-state index contributed by atoms with van der Waals surface area (Å²) in [6.07, 6.45) is 3.16. The zero-order valence-electron chi connectivity index (χ0n) is 21.4. The SMILES string of the molecule is Cc1c(C)c(C)c(Cc2ccc(C(=O)N(CCc3ccccn3)Cc3ccccc3)o2)c(C)c1C. The van der Waals surface area contributed by atoms with E-state index < -0.39 is 0 Å². The predicted octanol–water partition coefficient (Wildman–Crippen LogP) is 6.69. The minimum absolute atomic E-state index is 0.0965. The Morgan fingerprint density at radius 3 is 2.11 bits per heavy atom. The molecule has 2 aromatic heterocycles. The molecule has 0 bridgehead atoms. The molecule has 2 heterocycles. The molecule has 180 valence electrons. The first-order valence-corrected chi connectivity index (χ1v) is 12.2. The average Bonchev–Trinajstić information content (AvgIpc) is 3.36. The molecule has 0 aliphatic rings. The number of amides is 1. The summed E-state index contributed by atoms with van der Waals surface area (Å²) in [5.74, 6) is 1.10. The van der Waals surface area contributed by atoms with Crippen molar-refractivity contribution in [3.8, 4) is 0 Å². The zero-order valence-corrected chi connectivity index (χ0v) is 21.4. The lowest BCUT2D eigenvalue weighted by atomic mass is 9.88. The minimum Gasteiger partial charge on any atom is -0.456 e. The lowest BCUT2D eigenvalue weighted by molar-refractivity contribution is 0.0710. The number of carbonyl (C=O) groups excluding carboxylic acids is 1. The Morgan fingerprint density at radius 1 is 0.800 bits per heavy atom. The highest BCUT2D eigenvalue weighted by Crippen LogP contribution is 2.28. The Hall–Kier alpha value is -3.66. The van der Waals surface area contributed by atoms with Crippen LogP contribution in [0.4, 0.5) is 0 Å². The van der Waals surface area contributed by atoms with Gasteiger partial charge in [0.25, 0.3) is 5.91 Å². The molecular formula is C31H34N2O2. The van der Waals surface area contributed by atoms with E-state index in [2.05, 4.69) is 39.6 Å². The fourth-order valence-corrected chi connectivity index (χ4v) is 4.61. The molecule has 0 N–H and O–H groups in total. The third-order valence-electron chi connectivity index (χ3n) is 7.25. The Kier molecular flexibility index (Phi) is 7.50. The van der Waals surface area contributed by atoms with Crippen LogP contribution in [0.3, 0.4) is 0 Å². The third kappa shape index (κ3) is 5.54. The monoisotopic (exact) mass is 466 g/mol. The van der Waals surface area contributed by atoms with Gasteiger partial charge in [-0.25, -0.2) is 0 Å². The van der Waals surface area contributed by atoms with E-state index in [0.29, 0.717) is 31.7 Å². The average molecular weight is 467 g/mol. The van der Waals surface area contributed by atoms with Gasteiger partial charge in [0.15, 0.2) is 5.76 Å². The normalized spacial score (nSPS) is 11.0. The van der Waals surface area contributed by atoms with Gasteiger partial charge in [0.1, 0.15) is 5.76 Å². The van der Waals surface area contributed by atoms with Crippen LogP contribution in [0.1, 0.15) is 61.0 Å². The number of furan rings is 1. The van der Waals surface area contributed by atoms with Crippen molar-refractivity contribution in [3.63, 3.8) is 0 Å². The van der Waals surface area contributed by atoms with Crippen LogP contribution in [0.5, 0.6) is 0 Å². The smallest absolute Gasteiger partial charge is 0.289 e. The fourth-order valence-electron chi connectivity index (χ4n) is 4.61. The first kappa shape index (κ1) is 24.5. The summed E-state index contributed by atoms with van der Waals surface area (Å²) in [7, 11) is 0. The highest BCUT2D eigenvalue weighted by molar-refractivity contribution is 5.91. The lowest BCUT2D eigenvalue weighted by Crippen LogP contribution is -2.32. The van der Waals surface area contributed by atoms with Crippen LogP contribution in [0, 0.1) is 34.6 Å². The molecule has 35 heavy (non-hydrogen) atoms. The molecule has 0 atom stereocenters. The number of hydrogen-bond acceptors (Lipinski definition) is 3. The molecule has 1 amide bonds. The maximum atomic E-state index is 13.5.